The number of rotatable bonds is 1. The first-order chi connectivity index (χ1) is 14.2. The summed E-state index contributed by atoms with van der Waals surface area (Å²) in [6, 6.07) is 5.31. The number of alkyl carbamates (subject to hydrolysis) is 1. The monoisotopic (exact) mass is 498 g/mol. The second kappa shape index (κ2) is 9.76. The number of halogens is 1. The Kier molecular flexibility index (Phi) is 7.80. The zero-order valence-electron chi connectivity index (χ0n) is 18.9. The van der Waals surface area contributed by atoms with Crippen LogP contribution in [-0.4, -0.2) is 65.5 Å². The van der Waals surface area contributed by atoms with Gasteiger partial charge in [-0.15, -0.1) is 4.99 Å². The molecule has 172 valence electrons. The van der Waals surface area contributed by atoms with E-state index in [1.54, 1.807) is 52.5 Å². The van der Waals surface area contributed by atoms with Crippen molar-refractivity contribution in [3.05, 3.63) is 22.7 Å². The van der Waals surface area contributed by atoms with E-state index in [1.807, 2.05) is 12.1 Å². The molecular formula is C21H31BrN4O5. The number of nitrogens with zero attached hydrogens (tertiary/aromatic N) is 3. The molecule has 2 rings (SSSR count). The normalized spacial score (nSPS) is 15.5. The molecule has 1 fully saturated rings. The number of hydrogen-bond acceptors (Lipinski definition) is 6. The molecule has 0 aliphatic carbocycles. The van der Waals surface area contributed by atoms with Crippen molar-refractivity contribution in [2.24, 2.45) is 4.99 Å². The van der Waals surface area contributed by atoms with Gasteiger partial charge in [0.1, 0.15) is 17.0 Å². The predicted molar refractivity (Wildman–Crippen MR) is 123 cm³/mol. The number of guanidine groups is 1. The highest BCUT2D eigenvalue weighted by Crippen LogP contribution is 2.29. The summed E-state index contributed by atoms with van der Waals surface area (Å²) in [5, 5.41) is 12.3. The van der Waals surface area contributed by atoms with Gasteiger partial charge in [0.25, 0.3) is 0 Å². The smallest absolute Gasteiger partial charge is 0.437 e. The van der Waals surface area contributed by atoms with Crippen molar-refractivity contribution < 1.29 is 24.2 Å². The summed E-state index contributed by atoms with van der Waals surface area (Å²) in [6.45, 7) is 12.8. The topological polar surface area (TPSA) is 104 Å². The van der Waals surface area contributed by atoms with Crippen LogP contribution in [0.2, 0.25) is 0 Å². The van der Waals surface area contributed by atoms with Crippen molar-refractivity contribution in [3.8, 4) is 5.75 Å². The van der Waals surface area contributed by atoms with Crippen LogP contribution < -0.4 is 10.2 Å². The zero-order valence-corrected chi connectivity index (χ0v) is 20.4. The van der Waals surface area contributed by atoms with Gasteiger partial charge in [-0.2, -0.15) is 0 Å². The SMILES string of the molecule is CC(C)(C)OC(=O)/N=C(/NC(=O)OC(C)(C)C)N1CCN(c2ccc(O)c(Br)c2)CC1. The molecule has 0 aromatic heterocycles. The molecule has 1 aliphatic heterocycles. The van der Waals surface area contributed by atoms with E-state index in [2.05, 4.69) is 31.1 Å². The Morgan fingerprint density at radius 2 is 1.61 bits per heavy atom. The lowest BCUT2D eigenvalue weighted by Crippen LogP contribution is -2.54. The van der Waals surface area contributed by atoms with E-state index in [-0.39, 0.29) is 11.7 Å². The van der Waals surface area contributed by atoms with Crippen LogP contribution in [0.15, 0.2) is 27.7 Å². The number of nitrogens with one attached hydrogen (secondary N) is 1. The van der Waals surface area contributed by atoms with E-state index in [0.29, 0.717) is 30.7 Å². The van der Waals surface area contributed by atoms with Gasteiger partial charge in [0.15, 0.2) is 0 Å². The number of benzene rings is 1. The Hall–Kier alpha value is -2.49. The lowest BCUT2D eigenvalue weighted by Gasteiger charge is -2.37. The van der Waals surface area contributed by atoms with Crippen molar-refractivity contribution in [1.82, 2.24) is 10.2 Å². The molecule has 0 unspecified atom stereocenters. The highest BCUT2D eigenvalue weighted by Gasteiger charge is 2.26. The molecule has 0 radical (unpaired) electrons. The number of hydrogen-bond donors (Lipinski definition) is 2. The van der Waals surface area contributed by atoms with Crippen molar-refractivity contribution in [1.29, 1.82) is 0 Å². The molecular weight excluding hydrogens is 468 g/mol. The summed E-state index contributed by atoms with van der Waals surface area (Å²) in [5.74, 6) is 0.269. The van der Waals surface area contributed by atoms with E-state index in [0.717, 1.165) is 5.69 Å². The summed E-state index contributed by atoms with van der Waals surface area (Å²) in [6.07, 6.45) is -1.48. The molecule has 10 heteroatoms. The third-order valence-corrected chi connectivity index (χ3v) is 4.71. The number of ether oxygens (including phenoxy) is 2. The second-order valence-electron chi connectivity index (χ2n) is 9.15. The highest BCUT2D eigenvalue weighted by molar-refractivity contribution is 9.10. The van der Waals surface area contributed by atoms with Gasteiger partial charge in [-0.25, -0.2) is 9.59 Å². The van der Waals surface area contributed by atoms with Gasteiger partial charge in [0, 0.05) is 31.9 Å². The minimum atomic E-state index is -0.788. The molecule has 1 heterocycles. The Morgan fingerprint density at radius 1 is 1.03 bits per heavy atom. The van der Waals surface area contributed by atoms with Crippen molar-refractivity contribution in [2.75, 3.05) is 31.1 Å². The van der Waals surface area contributed by atoms with Crippen molar-refractivity contribution in [3.63, 3.8) is 0 Å². The second-order valence-corrected chi connectivity index (χ2v) is 10.0. The standard InChI is InChI=1S/C21H31BrN4O5/c1-20(2,3)30-18(28)23-17(24-19(29)31-21(4,5)6)26-11-9-25(10-12-26)14-7-8-16(27)15(22)13-14/h7-8,13,27H,9-12H2,1-6H3,(H,23,24,28,29). The third kappa shape index (κ3) is 8.28. The van der Waals surface area contributed by atoms with Crippen molar-refractivity contribution >= 4 is 39.8 Å². The fourth-order valence-corrected chi connectivity index (χ4v) is 3.18. The van der Waals surface area contributed by atoms with Gasteiger partial charge in [0.2, 0.25) is 5.96 Å². The van der Waals surface area contributed by atoms with Crippen LogP contribution in [0.5, 0.6) is 5.75 Å². The first-order valence-electron chi connectivity index (χ1n) is 10.0. The van der Waals surface area contributed by atoms with E-state index in [1.165, 1.54) is 0 Å². The molecule has 1 aliphatic rings. The quantitative estimate of drug-likeness (QED) is 0.443. The predicted octanol–water partition coefficient (Wildman–Crippen LogP) is 4.09. The first kappa shape index (κ1) is 24.8. The average molecular weight is 499 g/mol. The number of amides is 2. The lowest BCUT2D eigenvalue weighted by molar-refractivity contribution is 0.0554. The van der Waals surface area contributed by atoms with Crippen LogP contribution in [0.4, 0.5) is 15.3 Å². The summed E-state index contributed by atoms with van der Waals surface area (Å²) in [5.41, 5.74) is -0.440. The maximum Gasteiger partial charge on any atom is 0.437 e. The number of phenols is 1. The van der Waals surface area contributed by atoms with Gasteiger partial charge < -0.3 is 24.4 Å². The Balaban J connectivity index is 2.13. The minimum absolute atomic E-state index is 0.0926. The molecule has 1 aromatic carbocycles. The number of aromatic hydroxyl groups is 1. The Labute approximate surface area is 191 Å². The molecule has 0 bridgehead atoms. The van der Waals surface area contributed by atoms with E-state index in [4.69, 9.17) is 9.47 Å². The number of phenolic OH excluding ortho intramolecular Hbond substituents is 1. The van der Waals surface area contributed by atoms with Crippen LogP contribution in [0, 0.1) is 0 Å². The fraction of sp³-hybridized carbons (Fsp3) is 0.571. The maximum absolute atomic E-state index is 12.3. The zero-order chi connectivity index (χ0) is 23.4. The average Bonchev–Trinajstić information content (AvgIpc) is 2.60. The molecule has 0 spiro atoms. The summed E-state index contributed by atoms with van der Waals surface area (Å²) in [4.78, 5) is 32.5. The van der Waals surface area contributed by atoms with E-state index < -0.39 is 23.4 Å². The Morgan fingerprint density at radius 3 is 2.13 bits per heavy atom. The van der Waals surface area contributed by atoms with Crippen LogP contribution >= 0.6 is 15.9 Å². The fourth-order valence-electron chi connectivity index (χ4n) is 2.81. The summed E-state index contributed by atoms with van der Waals surface area (Å²) in [7, 11) is 0. The third-order valence-electron chi connectivity index (χ3n) is 4.08. The van der Waals surface area contributed by atoms with Crippen LogP contribution in [0.25, 0.3) is 0 Å². The molecule has 31 heavy (non-hydrogen) atoms. The van der Waals surface area contributed by atoms with E-state index >= 15 is 0 Å². The number of anilines is 1. The van der Waals surface area contributed by atoms with Crippen LogP contribution in [0.1, 0.15) is 41.5 Å². The Bertz CT molecular complexity index is 837. The molecule has 0 atom stereocenters. The van der Waals surface area contributed by atoms with Gasteiger partial charge >= 0.3 is 12.2 Å². The maximum atomic E-state index is 12.3. The van der Waals surface area contributed by atoms with Gasteiger partial charge in [0.05, 0.1) is 4.47 Å². The molecule has 0 saturated carbocycles. The van der Waals surface area contributed by atoms with Gasteiger partial charge in [-0.3, -0.25) is 5.32 Å². The number of aliphatic imine (C=N–C) groups is 1. The number of piperazine rings is 1. The van der Waals surface area contributed by atoms with Crippen LogP contribution in [-0.2, 0) is 9.47 Å². The largest absolute Gasteiger partial charge is 0.507 e. The molecule has 2 N–H and O–H groups in total. The van der Waals surface area contributed by atoms with Crippen molar-refractivity contribution in [2.45, 2.75) is 52.7 Å². The number of carbonyl (C=O) groups excluding carboxylic acids is 2. The highest BCUT2D eigenvalue weighted by atomic mass is 79.9. The molecule has 9 nitrogen and oxygen atoms in total. The minimum Gasteiger partial charge on any atom is -0.507 e. The first-order valence-corrected chi connectivity index (χ1v) is 10.8. The molecule has 1 saturated heterocycles. The molecule has 1 aromatic rings. The van der Waals surface area contributed by atoms with E-state index in [9.17, 15) is 14.7 Å². The van der Waals surface area contributed by atoms with Gasteiger partial charge in [-0.05, 0) is 75.7 Å². The van der Waals surface area contributed by atoms with Gasteiger partial charge in [-0.1, -0.05) is 0 Å². The summed E-state index contributed by atoms with van der Waals surface area (Å²) < 4.78 is 11.2. The lowest BCUT2D eigenvalue weighted by atomic mass is 10.2. The molecule has 2 amide bonds. The van der Waals surface area contributed by atoms with Crippen LogP contribution in [0.3, 0.4) is 0 Å². The summed E-state index contributed by atoms with van der Waals surface area (Å²) >= 11 is 3.33. The number of carbonyl (C=O) groups is 2.